The van der Waals surface area contributed by atoms with Gasteiger partial charge in [-0.3, -0.25) is 0 Å². The molecular weight excluding hydrogens is 134 g/mol. The van der Waals surface area contributed by atoms with Crippen LogP contribution in [0.1, 0.15) is 41.0 Å². The van der Waals surface area contributed by atoms with Crippen molar-refractivity contribution in [1.29, 1.82) is 0 Å². The van der Waals surface area contributed by atoms with E-state index in [-0.39, 0.29) is 0 Å². The van der Waals surface area contributed by atoms with E-state index in [0.29, 0.717) is 11.6 Å². The predicted molar refractivity (Wildman–Crippen MR) is 49.6 cm³/mol. The highest BCUT2D eigenvalue weighted by Gasteiger charge is 2.33. The van der Waals surface area contributed by atoms with Crippen molar-refractivity contribution in [3.8, 4) is 0 Å². The highest BCUT2D eigenvalue weighted by atomic mass is 15.0. The number of nitrogens with one attached hydrogen (secondary N) is 1. The van der Waals surface area contributed by atoms with E-state index < -0.39 is 0 Å². The zero-order chi connectivity index (χ0) is 8.65. The number of hydrogen-bond donors (Lipinski definition) is 1. The Morgan fingerprint density at radius 2 is 1.73 bits per heavy atom. The lowest BCUT2D eigenvalue weighted by atomic mass is 9.76. The van der Waals surface area contributed by atoms with Crippen molar-refractivity contribution in [2.24, 2.45) is 11.8 Å². The molecule has 1 fully saturated rings. The van der Waals surface area contributed by atoms with E-state index in [9.17, 15) is 0 Å². The van der Waals surface area contributed by atoms with Crippen molar-refractivity contribution in [3.05, 3.63) is 0 Å². The quantitative estimate of drug-likeness (QED) is 0.566. The van der Waals surface area contributed by atoms with Crippen molar-refractivity contribution in [3.63, 3.8) is 0 Å². The van der Waals surface area contributed by atoms with Crippen molar-refractivity contribution < 1.29 is 0 Å². The Morgan fingerprint density at radius 3 is 2.18 bits per heavy atom. The van der Waals surface area contributed by atoms with E-state index >= 15 is 0 Å². The average molecular weight is 155 g/mol. The average Bonchev–Trinajstić information content (AvgIpc) is 1.81. The van der Waals surface area contributed by atoms with Gasteiger partial charge in [0.2, 0.25) is 0 Å². The molecule has 11 heavy (non-hydrogen) atoms. The molecule has 1 aliphatic heterocycles. The minimum atomic E-state index is 0.353. The maximum Gasteiger partial charge on any atom is 0.0130 e. The molecule has 1 nitrogen and oxygen atoms in total. The second kappa shape index (κ2) is 2.78. The van der Waals surface area contributed by atoms with Gasteiger partial charge < -0.3 is 5.32 Å². The minimum absolute atomic E-state index is 0.353. The zero-order valence-corrected chi connectivity index (χ0v) is 8.44. The van der Waals surface area contributed by atoms with E-state index in [1.165, 1.54) is 6.42 Å². The second-order valence-electron chi connectivity index (χ2n) is 4.86. The molecule has 0 amide bonds. The molecule has 0 radical (unpaired) electrons. The Labute approximate surface area is 70.6 Å². The summed E-state index contributed by atoms with van der Waals surface area (Å²) in [5.41, 5.74) is 0.353. The fourth-order valence-corrected chi connectivity index (χ4v) is 2.29. The maximum absolute atomic E-state index is 3.64. The summed E-state index contributed by atoms with van der Waals surface area (Å²) in [6.07, 6.45) is 1.30. The summed E-state index contributed by atoms with van der Waals surface area (Å²) in [5, 5.41) is 3.64. The first-order chi connectivity index (χ1) is 4.92. The lowest BCUT2D eigenvalue weighted by Crippen LogP contribution is -2.54. The van der Waals surface area contributed by atoms with Crippen LogP contribution in [0, 0.1) is 11.8 Å². The first-order valence-electron chi connectivity index (χ1n) is 4.70. The molecule has 0 saturated carbocycles. The summed E-state index contributed by atoms with van der Waals surface area (Å²) in [6.45, 7) is 11.6. The van der Waals surface area contributed by atoms with Crippen molar-refractivity contribution >= 4 is 0 Å². The SMILES string of the molecule is CC1CC(C)(C)NC(C)C1C. The number of piperidine rings is 1. The standard InChI is InChI=1S/C10H21N/c1-7-6-10(4,5)11-9(3)8(7)2/h7-9,11H,6H2,1-5H3. The van der Waals surface area contributed by atoms with Gasteiger partial charge in [0.1, 0.15) is 0 Å². The summed E-state index contributed by atoms with van der Waals surface area (Å²) in [6, 6.07) is 0.675. The highest BCUT2D eigenvalue weighted by Crippen LogP contribution is 2.30. The molecule has 0 bridgehead atoms. The van der Waals surface area contributed by atoms with Gasteiger partial charge in [0.15, 0.2) is 0 Å². The normalized spacial score (nSPS) is 43.9. The molecule has 0 aromatic heterocycles. The molecule has 1 saturated heterocycles. The first-order valence-corrected chi connectivity index (χ1v) is 4.70. The van der Waals surface area contributed by atoms with Gasteiger partial charge in [0, 0.05) is 11.6 Å². The van der Waals surface area contributed by atoms with Crippen LogP contribution in [0.25, 0.3) is 0 Å². The molecular formula is C10H21N. The van der Waals surface area contributed by atoms with E-state index in [4.69, 9.17) is 0 Å². The molecule has 1 rings (SSSR count). The van der Waals surface area contributed by atoms with Crippen LogP contribution in [0.5, 0.6) is 0 Å². The molecule has 1 aliphatic rings. The Morgan fingerprint density at radius 1 is 1.18 bits per heavy atom. The maximum atomic E-state index is 3.64. The largest absolute Gasteiger partial charge is 0.309 e. The van der Waals surface area contributed by atoms with Gasteiger partial charge in [0.25, 0.3) is 0 Å². The number of hydrogen-bond acceptors (Lipinski definition) is 1. The molecule has 0 aromatic rings. The van der Waals surface area contributed by atoms with Crippen LogP contribution < -0.4 is 5.32 Å². The van der Waals surface area contributed by atoms with Gasteiger partial charge in [-0.15, -0.1) is 0 Å². The second-order valence-corrected chi connectivity index (χ2v) is 4.86. The van der Waals surface area contributed by atoms with Crippen LogP contribution >= 0.6 is 0 Å². The van der Waals surface area contributed by atoms with Gasteiger partial charge >= 0.3 is 0 Å². The monoisotopic (exact) mass is 155 g/mol. The van der Waals surface area contributed by atoms with E-state index in [1.807, 2.05) is 0 Å². The van der Waals surface area contributed by atoms with E-state index in [2.05, 4.69) is 39.9 Å². The predicted octanol–water partition coefficient (Wildman–Crippen LogP) is 2.42. The highest BCUT2D eigenvalue weighted by molar-refractivity contribution is 4.91. The Balaban J connectivity index is 2.62. The lowest BCUT2D eigenvalue weighted by molar-refractivity contribution is 0.137. The topological polar surface area (TPSA) is 12.0 Å². The molecule has 1 heteroatoms. The summed E-state index contributed by atoms with van der Waals surface area (Å²) < 4.78 is 0. The number of rotatable bonds is 0. The Bertz CT molecular complexity index is 126. The molecule has 3 unspecified atom stereocenters. The zero-order valence-electron chi connectivity index (χ0n) is 8.44. The van der Waals surface area contributed by atoms with Crippen LogP contribution in [-0.4, -0.2) is 11.6 Å². The van der Waals surface area contributed by atoms with Gasteiger partial charge in [-0.2, -0.15) is 0 Å². The molecule has 1 N–H and O–H groups in total. The summed E-state index contributed by atoms with van der Waals surface area (Å²) in [7, 11) is 0. The summed E-state index contributed by atoms with van der Waals surface area (Å²) in [5.74, 6) is 1.68. The lowest BCUT2D eigenvalue weighted by Gasteiger charge is -2.43. The van der Waals surface area contributed by atoms with Crippen LogP contribution in [0.4, 0.5) is 0 Å². The molecule has 0 aliphatic carbocycles. The van der Waals surface area contributed by atoms with Crippen LogP contribution in [0.3, 0.4) is 0 Å². The van der Waals surface area contributed by atoms with Crippen molar-refractivity contribution in [2.75, 3.05) is 0 Å². The third kappa shape index (κ3) is 1.96. The molecule has 0 aromatic carbocycles. The minimum Gasteiger partial charge on any atom is -0.309 e. The Kier molecular flexibility index (Phi) is 2.29. The molecule has 66 valence electrons. The van der Waals surface area contributed by atoms with Crippen molar-refractivity contribution in [2.45, 2.75) is 52.6 Å². The molecule has 1 heterocycles. The molecule has 0 spiro atoms. The van der Waals surface area contributed by atoms with Gasteiger partial charge in [-0.05, 0) is 39.0 Å². The van der Waals surface area contributed by atoms with Crippen molar-refractivity contribution in [1.82, 2.24) is 5.32 Å². The smallest absolute Gasteiger partial charge is 0.0130 e. The summed E-state index contributed by atoms with van der Waals surface area (Å²) >= 11 is 0. The van der Waals surface area contributed by atoms with Gasteiger partial charge in [-0.25, -0.2) is 0 Å². The van der Waals surface area contributed by atoms with Crippen LogP contribution in [0.15, 0.2) is 0 Å². The Hall–Kier alpha value is -0.0400. The van der Waals surface area contributed by atoms with E-state index in [0.717, 1.165) is 11.8 Å². The first kappa shape index (κ1) is 9.05. The summed E-state index contributed by atoms with van der Waals surface area (Å²) in [4.78, 5) is 0. The van der Waals surface area contributed by atoms with E-state index in [1.54, 1.807) is 0 Å². The van der Waals surface area contributed by atoms with Gasteiger partial charge in [0.05, 0.1) is 0 Å². The van der Waals surface area contributed by atoms with Gasteiger partial charge in [-0.1, -0.05) is 13.8 Å². The van der Waals surface area contributed by atoms with Crippen LogP contribution in [0.2, 0.25) is 0 Å². The third-order valence-electron chi connectivity index (χ3n) is 3.14. The fourth-order valence-electron chi connectivity index (χ4n) is 2.29. The third-order valence-corrected chi connectivity index (χ3v) is 3.14. The fraction of sp³-hybridized carbons (Fsp3) is 1.00. The molecule has 3 atom stereocenters. The van der Waals surface area contributed by atoms with Crippen LogP contribution in [-0.2, 0) is 0 Å².